The molecule has 112 valence electrons. The number of methoxy groups -OCH3 is 2. The lowest BCUT2D eigenvalue weighted by molar-refractivity contribution is 0.101. The highest BCUT2D eigenvalue weighted by Gasteiger charge is 2.19. The van der Waals surface area contributed by atoms with Gasteiger partial charge in [0.05, 0.1) is 20.3 Å². The summed E-state index contributed by atoms with van der Waals surface area (Å²) in [6, 6.07) is 3.99. The molecule has 2 rings (SSSR count). The lowest BCUT2D eigenvalue weighted by Crippen LogP contribution is -2.15. The molecule has 4 heteroatoms. The minimum absolute atomic E-state index is 0.0130. The smallest absolute Gasteiger partial charge is 0.161 e. The summed E-state index contributed by atoms with van der Waals surface area (Å²) in [6.07, 6.45) is 4.68. The predicted octanol–water partition coefficient (Wildman–Crippen LogP) is 2.97. The maximum atomic E-state index is 6.34. The van der Waals surface area contributed by atoms with Gasteiger partial charge in [0.1, 0.15) is 0 Å². The van der Waals surface area contributed by atoms with Gasteiger partial charge in [-0.2, -0.15) is 0 Å². The Bertz CT molecular complexity index is 442. The Morgan fingerprint density at radius 1 is 1.30 bits per heavy atom. The molecule has 2 atom stereocenters. The van der Waals surface area contributed by atoms with Crippen molar-refractivity contribution in [3.05, 3.63) is 23.3 Å². The van der Waals surface area contributed by atoms with Crippen LogP contribution in [0.2, 0.25) is 0 Å². The van der Waals surface area contributed by atoms with E-state index in [9.17, 15) is 0 Å². The van der Waals surface area contributed by atoms with Crippen molar-refractivity contribution < 1.29 is 14.2 Å². The lowest BCUT2D eigenvalue weighted by atomic mass is 9.96. The second kappa shape index (κ2) is 6.95. The van der Waals surface area contributed by atoms with E-state index in [4.69, 9.17) is 19.9 Å². The molecule has 2 N–H and O–H groups in total. The Hall–Kier alpha value is -1.26. The van der Waals surface area contributed by atoms with Crippen molar-refractivity contribution >= 4 is 0 Å². The molecule has 0 aromatic heterocycles. The molecule has 1 saturated heterocycles. The van der Waals surface area contributed by atoms with Crippen LogP contribution in [0.3, 0.4) is 0 Å². The van der Waals surface area contributed by atoms with E-state index in [1.165, 1.54) is 6.42 Å². The molecule has 2 unspecified atom stereocenters. The zero-order valence-corrected chi connectivity index (χ0v) is 12.6. The quantitative estimate of drug-likeness (QED) is 0.870. The molecular formula is C16H25NO3. The fourth-order valence-electron chi connectivity index (χ4n) is 2.79. The summed E-state index contributed by atoms with van der Waals surface area (Å²) in [7, 11) is 3.29. The minimum Gasteiger partial charge on any atom is -0.493 e. The van der Waals surface area contributed by atoms with Gasteiger partial charge in [-0.15, -0.1) is 0 Å². The van der Waals surface area contributed by atoms with Gasteiger partial charge in [-0.25, -0.2) is 0 Å². The Morgan fingerprint density at radius 2 is 2.00 bits per heavy atom. The molecule has 4 nitrogen and oxygen atoms in total. The Kier molecular flexibility index (Phi) is 5.26. The molecule has 0 saturated carbocycles. The van der Waals surface area contributed by atoms with Gasteiger partial charge < -0.3 is 19.9 Å². The minimum atomic E-state index is 0.0130. The van der Waals surface area contributed by atoms with Gasteiger partial charge in [0, 0.05) is 12.6 Å². The average Bonchev–Trinajstić information content (AvgIpc) is 2.97. The van der Waals surface area contributed by atoms with Crippen molar-refractivity contribution in [1.82, 2.24) is 0 Å². The molecule has 1 aliphatic rings. The van der Waals surface area contributed by atoms with Crippen LogP contribution in [0.15, 0.2) is 12.1 Å². The van der Waals surface area contributed by atoms with E-state index in [2.05, 4.69) is 6.92 Å². The molecule has 1 aromatic carbocycles. The van der Waals surface area contributed by atoms with Crippen molar-refractivity contribution in [2.24, 2.45) is 5.73 Å². The molecule has 0 radical (unpaired) electrons. The Morgan fingerprint density at radius 3 is 2.60 bits per heavy atom. The SMILES string of the molecule is COc1cc(C)c(C(N)CCC2CCCO2)cc1OC. The largest absolute Gasteiger partial charge is 0.493 e. The molecule has 0 spiro atoms. The molecular weight excluding hydrogens is 254 g/mol. The predicted molar refractivity (Wildman–Crippen MR) is 79.4 cm³/mol. The zero-order valence-electron chi connectivity index (χ0n) is 12.6. The Labute approximate surface area is 121 Å². The van der Waals surface area contributed by atoms with Gasteiger partial charge in [0.2, 0.25) is 0 Å². The maximum absolute atomic E-state index is 6.34. The van der Waals surface area contributed by atoms with Crippen LogP contribution in [0.25, 0.3) is 0 Å². The van der Waals surface area contributed by atoms with E-state index < -0.39 is 0 Å². The number of nitrogens with two attached hydrogens (primary N) is 1. The molecule has 20 heavy (non-hydrogen) atoms. The first kappa shape index (κ1) is 15.1. The van der Waals surface area contributed by atoms with Gasteiger partial charge in [-0.05, 0) is 55.9 Å². The summed E-state index contributed by atoms with van der Waals surface area (Å²) in [6.45, 7) is 2.96. The summed E-state index contributed by atoms with van der Waals surface area (Å²) in [5.74, 6) is 1.49. The van der Waals surface area contributed by atoms with E-state index >= 15 is 0 Å². The van der Waals surface area contributed by atoms with Gasteiger partial charge >= 0.3 is 0 Å². The molecule has 0 bridgehead atoms. The first-order valence-corrected chi connectivity index (χ1v) is 7.25. The first-order chi connectivity index (χ1) is 9.65. The van der Waals surface area contributed by atoms with Gasteiger partial charge in [0.25, 0.3) is 0 Å². The van der Waals surface area contributed by atoms with Crippen LogP contribution in [0, 0.1) is 6.92 Å². The van der Waals surface area contributed by atoms with Gasteiger partial charge in [-0.3, -0.25) is 0 Å². The summed E-state index contributed by atoms with van der Waals surface area (Å²) >= 11 is 0. The van der Waals surface area contributed by atoms with E-state index in [0.29, 0.717) is 6.10 Å². The second-order valence-corrected chi connectivity index (χ2v) is 5.38. The lowest BCUT2D eigenvalue weighted by Gasteiger charge is -2.19. The van der Waals surface area contributed by atoms with E-state index in [1.807, 2.05) is 12.1 Å². The van der Waals surface area contributed by atoms with Crippen LogP contribution < -0.4 is 15.2 Å². The second-order valence-electron chi connectivity index (χ2n) is 5.38. The number of ether oxygens (including phenoxy) is 3. The van der Waals surface area contributed by atoms with Crippen LogP contribution in [-0.2, 0) is 4.74 Å². The highest BCUT2D eigenvalue weighted by Crippen LogP contribution is 2.34. The summed E-state index contributed by atoms with van der Waals surface area (Å²) in [5, 5.41) is 0. The summed E-state index contributed by atoms with van der Waals surface area (Å²) in [5.41, 5.74) is 8.60. The first-order valence-electron chi connectivity index (χ1n) is 7.25. The van der Waals surface area contributed by atoms with Crippen molar-refractivity contribution in [3.8, 4) is 11.5 Å². The molecule has 0 amide bonds. The van der Waals surface area contributed by atoms with Gasteiger partial charge in [0.15, 0.2) is 11.5 Å². The third-order valence-electron chi connectivity index (χ3n) is 4.00. The van der Waals surface area contributed by atoms with Crippen molar-refractivity contribution in [2.45, 2.75) is 44.8 Å². The third-order valence-corrected chi connectivity index (χ3v) is 4.00. The summed E-state index contributed by atoms with van der Waals surface area (Å²) in [4.78, 5) is 0. The third kappa shape index (κ3) is 3.44. The average molecular weight is 279 g/mol. The zero-order chi connectivity index (χ0) is 14.5. The van der Waals surface area contributed by atoms with Crippen LogP contribution >= 0.6 is 0 Å². The number of hydrogen-bond donors (Lipinski definition) is 1. The van der Waals surface area contributed by atoms with E-state index in [1.54, 1.807) is 14.2 Å². The maximum Gasteiger partial charge on any atom is 0.161 e. The fourth-order valence-corrected chi connectivity index (χ4v) is 2.79. The molecule has 0 aliphatic carbocycles. The number of hydrogen-bond acceptors (Lipinski definition) is 4. The van der Waals surface area contributed by atoms with Crippen LogP contribution in [-0.4, -0.2) is 26.9 Å². The Balaban J connectivity index is 2.06. The molecule has 1 aromatic rings. The molecule has 1 fully saturated rings. The number of benzene rings is 1. The molecule has 1 heterocycles. The number of rotatable bonds is 6. The van der Waals surface area contributed by atoms with E-state index in [0.717, 1.165) is 48.5 Å². The standard InChI is InChI=1S/C16H25NO3/c1-11-9-15(18-2)16(19-3)10-13(11)14(17)7-6-12-5-4-8-20-12/h9-10,12,14H,4-8,17H2,1-3H3. The van der Waals surface area contributed by atoms with Crippen LogP contribution in [0.5, 0.6) is 11.5 Å². The van der Waals surface area contributed by atoms with Crippen molar-refractivity contribution in [3.63, 3.8) is 0 Å². The van der Waals surface area contributed by atoms with Crippen molar-refractivity contribution in [2.75, 3.05) is 20.8 Å². The fraction of sp³-hybridized carbons (Fsp3) is 0.625. The van der Waals surface area contributed by atoms with E-state index in [-0.39, 0.29) is 6.04 Å². The topological polar surface area (TPSA) is 53.7 Å². The molecule has 1 aliphatic heterocycles. The van der Waals surface area contributed by atoms with Crippen LogP contribution in [0.1, 0.15) is 42.9 Å². The van der Waals surface area contributed by atoms with Crippen LogP contribution in [0.4, 0.5) is 0 Å². The van der Waals surface area contributed by atoms with Gasteiger partial charge in [-0.1, -0.05) is 0 Å². The number of aryl methyl sites for hydroxylation is 1. The monoisotopic (exact) mass is 279 g/mol. The highest BCUT2D eigenvalue weighted by molar-refractivity contribution is 5.48. The summed E-state index contributed by atoms with van der Waals surface area (Å²) < 4.78 is 16.3. The normalized spacial score (nSPS) is 19.9. The highest BCUT2D eigenvalue weighted by atomic mass is 16.5. The van der Waals surface area contributed by atoms with Crippen molar-refractivity contribution in [1.29, 1.82) is 0 Å².